The third-order valence-electron chi connectivity index (χ3n) is 1.50. The molecule has 0 saturated carbocycles. The molecule has 1 N–H and O–H groups in total. The number of nitrogens with one attached hydrogen (secondary N) is 1. The minimum Gasteiger partial charge on any atom is -0.285 e. The van der Waals surface area contributed by atoms with Gasteiger partial charge < -0.3 is 0 Å². The van der Waals surface area contributed by atoms with Gasteiger partial charge in [0.1, 0.15) is 4.90 Å². The molecule has 0 radical (unpaired) electrons. The highest BCUT2D eigenvalue weighted by atomic mass is 32.2. The van der Waals surface area contributed by atoms with Crippen LogP contribution in [0.5, 0.6) is 0 Å². The van der Waals surface area contributed by atoms with Crippen molar-refractivity contribution >= 4 is 11.9 Å². The summed E-state index contributed by atoms with van der Waals surface area (Å²) in [5, 5.41) is 0. The molecule has 1 nitrogen and oxygen atoms in total. The zero-order valence-electron chi connectivity index (χ0n) is 9.80. The summed E-state index contributed by atoms with van der Waals surface area (Å²) in [5.41, 5.74) is 0. The first-order valence-corrected chi connectivity index (χ1v) is 5.67. The van der Waals surface area contributed by atoms with E-state index >= 15 is 0 Å². The van der Waals surface area contributed by atoms with Crippen LogP contribution in [-0.2, 0) is 0 Å². The SMILES string of the molecule is CC.CC#CNSc1c(F)c(F)c(F)c(F)c1F. The monoisotopic (exact) mass is 283 g/mol. The topological polar surface area (TPSA) is 12.0 Å². The van der Waals surface area contributed by atoms with E-state index in [9.17, 15) is 22.0 Å². The van der Waals surface area contributed by atoms with Crippen molar-refractivity contribution in [2.75, 3.05) is 0 Å². The Kier molecular flexibility index (Phi) is 7.20. The van der Waals surface area contributed by atoms with Gasteiger partial charge in [-0.05, 0) is 18.9 Å². The van der Waals surface area contributed by atoms with E-state index in [1.54, 1.807) is 0 Å². The minimum atomic E-state index is -2.18. The van der Waals surface area contributed by atoms with Crippen molar-refractivity contribution in [3.8, 4) is 12.0 Å². The second-order valence-electron chi connectivity index (χ2n) is 2.48. The average Bonchev–Trinajstić information content (AvgIpc) is 2.40. The second kappa shape index (κ2) is 7.82. The molecule has 0 aliphatic rings. The Labute approximate surface area is 106 Å². The summed E-state index contributed by atoms with van der Waals surface area (Å²) >= 11 is 0.215. The van der Waals surface area contributed by atoms with E-state index in [1.165, 1.54) is 6.92 Å². The van der Waals surface area contributed by atoms with E-state index in [1.807, 2.05) is 13.8 Å². The Morgan fingerprint density at radius 2 is 1.22 bits per heavy atom. The first-order chi connectivity index (χ1) is 8.50. The summed E-state index contributed by atoms with van der Waals surface area (Å²) in [5.74, 6) is -7.57. The van der Waals surface area contributed by atoms with Crippen molar-refractivity contribution in [3.05, 3.63) is 29.1 Å². The lowest BCUT2D eigenvalue weighted by Crippen LogP contribution is -2.05. The van der Waals surface area contributed by atoms with Crippen molar-refractivity contribution in [1.29, 1.82) is 0 Å². The molecule has 18 heavy (non-hydrogen) atoms. The number of benzene rings is 1. The van der Waals surface area contributed by atoms with E-state index in [-0.39, 0.29) is 11.9 Å². The van der Waals surface area contributed by atoms with Gasteiger partial charge >= 0.3 is 0 Å². The molecule has 1 aromatic rings. The number of hydrogen-bond donors (Lipinski definition) is 1. The van der Waals surface area contributed by atoms with Gasteiger partial charge in [-0.15, -0.1) is 0 Å². The maximum absolute atomic E-state index is 13.0. The largest absolute Gasteiger partial charge is 0.285 e. The van der Waals surface area contributed by atoms with Crippen LogP contribution < -0.4 is 4.72 Å². The molecule has 1 aromatic carbocycles. The Balaban J connectivity index is 0.00000137. The van der Waals surface area contributed by atoms with Gasteiger partial charge in [-0.2, -0.15) is 0 Å². The van der Waals surface area contributed by atoms with Crippen LogP contribution in [0.15, 0.2) is 4.90 Å². The van der Waals surface area contributed by atoms with Gasteiger partial charge in [0.25, 0.3) is 0 Å². The summed E-state index contributed by atoms with van der Waals surface area (Å²) in [6, 6.07) is 2.20. The van der Waals surface area contributed by atoms with E-state index in [4.69, 9.17) is 0 Å². The highest BCUT2D eigenvalue weighted by molar-refractivity contribution is 7.97. The first kappa shape index (κ1) is 16.6. The summed E-state index contributed by atoms with van der Waals surface area (Å²) in [7, 11) is 0. The Bertz CT molecular complexity index is 450. The van der Waals surface area contributed by atoms with Crippen molar-refractivity contribution in [1.82, 2.24) is 4.72 Å². The average molecular weight is 283 g/mol. The fourth-order valence-corrected chi connectivity index (χ4v) is 1.42. The predicted molar refractivity (Wildman–Crippen MR) is 60.0 cm³/mol. The molecule has 0 heterocycles. The molecule has 0 amide bonds. The summed E-state index contributed by atoms with van der Waals surface area (Å²) in [4.78, 5) is -1.01. The van der Waals surface area contributed by atoms with Gasteiger partial charge in [0, 0.05) is 6.04 Å². The smallest absolute Gasteiger partial charge is 0.200 e. The zero-order valence-corrected chi connectivity index (χ0v) is 10.6. The van der Waals surface area contributed by atoms with Crippen LogP contribution in [-0.4, -0.2) is 0 Å². The van der Waals surface area contributed by atoms with Gasteiger partial charge in [-0.3, -0.25) is 4.72 Å². The van der Waals surface area contributed by atoms with E-state index in [0.717, 1.165) is 0 Å². The van der Waals surface area contributed by atoms with Gasteiger partial charge in [-0.25, -0.2) is 22.0 Å². The summed E-state index contributed by atoms with van der Waals surface area (Å²) in [6.07, 6.45) is 0. The molecular formula is C11H10F5NS. The van der Waals surface area contributed by atoms with Gasteiger partial charge in [0.2, 0.25) is 5.82 Å². The lowest BCUT2D eigenvalue weighted by molar-refractivity contribution is 0.361. The van der Waals surface area contributed by atoms with Crippen molar-refractivity contribution in [2.24, 2.45) is 0 Å². The summed E-state index contributed by atoms with van der Waals surface area (Å²) in [6.45, 7) is 5.44. The van der Waals surface area contributed by atoms with Crippen LogP contribution in [0.25, 0.3) is 0 Å². The van der Waals surface area contributed by atoms with Crippen molar-refractivity contribution in [3.63, 3.8) is 0 Å². The fourth-order valence-electron chi connectivity index (χ4n) is 0.802. The molecule has 0 saturated heterocycles. The van der Waals surface area contributed by atoms with E-state index in [2.05, 4.69) is 16.7 Å². The molecule has 7 heteroatoms. The molecule has 0 aliphatic heterocycles. The van der Waals surface area contributed by atoms with Crippen LogP contribution in [0, 0.1) is 41.1 Å². The molecule has 0 unspecified atom stereocenters. The molecular weight excluding hydrogens is 273 g/mol. The number of hydrogen-bond acceptors (Lipinski definition) is 2. The van der Waals surface area contributed by atoms with Crippen LogP contribution in [0.1, 0.15) is 20.8 Å². The minimum absolute atomic E-state index is 0.215. The maximum atomic E-state index is 13.0. The van der Waals surface area contributed by atoms with Crippen LogP contribution >= 0.6 is 11.9 Å². The van der Waals surface area contributed by atoms with Gasteiger partial charge in [0.15, 0.2) is 23.3 Å². The van der Waals surface area contributed by atoms with E-state index < -0.39 is 34.0 Å². The molecule has 0 aliphatic carbocycles. The Hall–Kier alpha value is -1.42. The number of rotatable bonds is 2. The van der Waals surface area contributed by atoms with Crippen molar-refractivity contribution < 1.29 is 22.0 Å². The second-order valence-corrected chi connectivity index (χ2v) is 3.29. The molecule has 0 bridgehead atoms. The van der Waals surface area contributed by atoms with Gasteiger partial charge in [-0.1, -0.05) is 19.8 Å². The normalized spacial score (nSPS) is 8.89. The summed E-state index contributed by atoms with van der Waals surface area (Å²) < 4.78 is 66.1. The molecule has 0 fully saturated rings. The maximum Gasteiger partial charge on any atom is 0.200 e. The Morgan fingerprint density at radius 3 is 1.61 bits per heavy atom. The van der Waals surface area contributed by atoms with Crippen LogP contribution in [0.3, 0.4) is 0 Å². The number of halogens is 5. The first-order valence-electron chi connectivity index (χ1n) is 4.85. The molecule has 0 atom stereocenters. The lowest BCUT2D eigenvalue weighted by Gasteiger charge is -2.05. The lowest BCUT2D eigenvalue weighted by atomic mass is 10.3. The highest BCUT2D eigenvalue weighted by Gasteiger charge is 2.25. The van der Waals surface area contributed by atoms with Crippen LogP contribution in [0.4, 0.5) is 22.0 Å². The van der Waals surface area contributed by atoms with Gasteiger partial charge in [0.05, 0.1) is 0 Å². The molecule has 1 rings (SSSR count). The zero-order chi connectivity index (χ0) is 14.3. The molecule has 0 aromatic heterocycles. The standard InChI is InChI=1S/C9H4F5NS.C2H6/c1-2-3-15-16-9-7(13)5(11)4(10)6(12)8(9)14;1-2/h15H,1H3;1-2H3. The van der Waals surface area contributed by atoms with Crippen molar-refractivity contribution in [2.45, 2.75) is 25.7 Å². The predicted octanol–water partition coefficient (Wildman–Crippen LogP) is 3.99. The fraction of sp³-hybridized carbons (Fsp3) is 0.273. The quantitative estimate of drug-likeness (QED) is 0.220. The van der Waals surface area contributed by atoms with E-state index in [0.29, 0.717) is 0 Å². The highest BCUT2D eigenvalue weighted by Crippen LogP contribution is 2.28. The third-order valence-corrected chi connectivity index (χ3v) is 2.27. The molecule has 0 spiro atoms. The third kappa shape index (κ3) is 3.53. The Morgan fingerprint density at radius 1 is 0.833 bits per heavy atom. The van der Waals surface area contributed by atoms with Crippen LogP contribution in [0.2, 0.25) is 0 Å². The molecule has 100 valence electrons.